The van der Waals surface area contributed by atoms with E-state index < -0.39 is 0 Å². The number of rotatable bonds is 3. The van der Waals surface area contributed by atoms with Crippen molar-refractivity contribution in [3.63, 3.8) is 0 Å². The number of nitrogens with one attached hydrogen (secondary N) is 1. The van der Waals surface area contributed by atoms with Crippen LogP contribution in [0.5, 0.6) is 11.5 Å². The average Bonchev–Trinajstić information content (AvgIpc) is 2.55. The maximum atomic E-state index is 12.4. The Kier molecular flexibility index (Phi) is 5.91. The summed E-state index contributed by atoms with van der Waals surface area (Å²) in [5.41, 5.74) is 0. The summed E-state index contributed by atoms with van der Waals surface area (Å²) in [6, 6.07) is 7.59. The summed E-state index contributed by atoms with van der Waals surface area (Å²) in [4.78, 5) is 14.1. The molecule has 2 unspecified atom stereocenters. The first kappa shape index (κ1) is 16.9. The maximum absolute atomic E-state index is 12.4. The highest BCUT2D eigenvalue weighted by molar-refractivity contribution is 5.85. The van der Waals surface area contributed by atoms with Gasteiger partial charge in [0.05, 0.1) is 12.6 Å². The molecule has 1 saturated heterocycles. The van der Waals surface area contributed by atoms with Crippen molar-refractivity contribution in [2.45, 2.75) is 31.4 Å². The van der Waals surface area contributed by atoms with Gasteiger partial charge in [-0.05, 0) is 31.5 Å². The molecule has 122 valence electrons. The number of para-hydroxylation sites is 2. The standard InChI is InChI=1S/C16H22N2O3.ClH/c1-18(16(19)13-6-4-5-9-17-13)10-12-11-20-14-7-2-3-8-15(14)21-12;/h2-3,7-8,12-13,17H,4-6,9-11H2,1H3;1H. The van der Waals surface area contributed by atoms with Crippen LogP contribution in [0.3, 0.4) is 0 Å². The molecule has 1 amide bonds. The van der Waals surface area contributed by atoms with Crippen LogP contribution in [0.15, 0.2) is 24.3 Å². The highest BCUT2D eigenvalue weighted by atomic mass is 35.5. The lowest BCUT2D eigenvalue weighted by molar-refractivity contribution is -0.134. The molecule has 22 heavy (non-hydrogen) atoms. The number of piperidine rings is 1. The first-order chi connectivity index (χ1) is 10.2. The lowest BCUT2D eigenvalue weighted by Crippen LogP contribution is -2.50. The van der Waals surface area contributed by atoms with Gasteiger partial charge in [0.2, 0.25) is 5.91 Å². The van der Waals surface area contributed by atoms with Gasteiger partial charge in [-0.15, -0.1) is 12.4 Å². The predicted octanol–water partition coefficient (Wildman–Crippen LogP) is 1.85. The second kappa shape index (κ2) is 7.70. The number of carbonyl (C=O) groups excluding carboxylic acids is 1. The molecule has 5 nitrogen and oxygen atoms in total. The Morgan fingerprint density at radius 1 is 1.32 bits per heavy atom. The molecule has 1 fully saturated rings. The average molecular weight is 327 g/mol. The number of hydrogen-bond acceptors (Lipinski definition) is 4. The summed E-state index contributed by atoms with van der Waals surface area (Å²) in [6.07, 6.45) is 3.09. The van der Waals surface area contributed by atoms with Crippen molar-refractivity contribution in [3.8, 4) is 11.5 Å². The van der Waals surface area contributed by atoms with E-state index in [4.69, 9.17) is 9.47 Å². The van der Waals surface area contributed by atoms with Crippen molar-refractivity contribution < 1.29 is 14.3 Å². The zero-order valence-electron chi connectivity index (χ0n) is 12.8. The molecule has 2 aliphatic heterocycles. The van der Waals surface area contributed by atoms with E-state index in [9.17, 15) is 4.79 Å². The minimum absolute atomic E-state index is 0. The monoisotopic (exact) mass is 326 g/mol. The fourth-order valence-electron chi connectivity index (χ4n) is 2.88. The minimum Gasteiger partial charge on any atom is -0.486 e. The summed E-state index contributed by atoms with van der Waals surface area (Å²) in [6.45, 7) is 1.96. The van der Waals surface area contributed by atoms with Gasteiger partial charge in [-0.3, -0.25) is 4.79 Å². The Labute approximate surface area is 137 Å². The third-order valence-electron chi connectivity index (χ3n) is 4.03. The number of ether oxygens (including phenoxy) is 2. The highest BCUT2D eigenvalue weighted by Crippen LogP contribution is 2.31. The van der Waals surface area contributed by atoms with E-state index >= 15 is 0 Å². The van der Waals surface area contributed by atoms with Gasteiger partial charge in [-0.1, -0.05) is 18.6 Å². The number of likely N-dealkylation sites (N-methyl/N-ethyl adjacent to an activating group) is 1. The van der Waals surface area contributed by atoms with Crippen LogP contribution in [0.1, 0.15) is 19.3 Å². The van der Waals surface area contributed by atoms with Crippen LogP contribution in [0.4, 0.5) is 0 Å². The molecular formula is C16H23ClN2O3. The number of fused-ring (bicyclic) bond motifs is 1. The molecule has 2 aliphatic rings. The molecule has 0 aromatic heterocycles. The van der Waals surface area contributed by atoms with E-state index in [1.165, 1.54) is 0 Å². The van der Waals surface area contributed by atoms with Gasteiger partial charge in [0.1, 0.15) is 6.61 Å². The lowest BCUT2D eigenvalue weighted by Gasteiger charge is -2.32. The van der Waals surface area contributed by atoms with Gasteiger partial charge in [0.25, 0.3) is 0 Å². The summed E-state index contributed by atoms with van der Waals surface area (Å²) < 4.78 is 11.6. The van der Waals surface area contributed by atoms with Crippen LogP contribution in [-0.4, -0.2) is 49.7 Å². The minimum atomic E-state index is -0.113. The van der Waals surface area contributed by atoms with Gasteiger partial charge < -0.3 is 19.7 Å². The molecule has 1 aromatic rings. The Balaban J connectivity index is 0.00000176. The van der Waals surface area contributed by atoms with Gasteiger partial charge in [0.15, 0.2) is 17.6 Å². The summed E-state index contributed by atoms with van der Waals surface area (Å²) in [5.74, 6) is 1.68. The molecule has 2 heterocycles. The zero-order valence-corrected chi connectivity index (χ0v) is 13.6. The molecule has 0 aliphatic carbocycles. The van der Waals surface area contributed by atoms with Gasteiger partial charge in [-0.25, -0.2) is 0 Å². The maximum Gasteiger partial charge on any atom is 0.239 e. The van der Waals surface area contributed by atoms with Gasteiger partial charge in [0, 0.05) is 7.05 Å². The van der Waals surface area contributed by atoms with E-state index in [1.54, 1.807) is 4.90 Å². The molecule has 6 heteroatoms. The zero-order chi connectivity index (χ0) is 14.7. The van der Waals surface area contributed by atoms with Crippen LogP contribution in [-0.2, 0) is 4.79 Å². The largest absolute Gasteiger partial charge is 0.486 e. The second-order valence-electron chi connectivity index (χ2n) is 5.72. The molecule has 0 bridgehead atoms. The Morgan fingerprint density at radius 3 is 2.82 bits per heavy atom. The van der Waals surface area contributed by atoms with Crippen molar-refractivity contribution in [1.82, 2.24) is 10.2 Å². The van der Waals surface area contributed by atoms with Crippen LogP contribution in [0.2, 0.25) is 0 Å². The van der Waals surface area contributed by atoms with Crippen molar-refractivity contribution in [2.24, 2.45) is 0 Å². The van der Waals surface area contributed by atoms with Gasteiger partial charge in [-0.2, -0.15) is 0 Å². The number of halogens is 1. The van der Waals surface area contributed by atoms with E-state index in [-0.39, 0.29) is 30.5 Å². The summed E-state index contributed by atoms with van der Waals surface area (Å²) in [7, 11) is 1.84. The van der Waals surface area contributed by atoms with E-state index in [0.29, 0.717) is 13.2 Å². The molecule has 1 N–H and O–H groups in total. The Hall–Kier alpha value is -1.46. The van der Waals surface area contributed by atoms with E-state index in [1.807, 2.05) is 31.3 Å². The fraction of sp³-hybridized carbons (Fsp3) is 0.562. The van der Waals surface area contributed by atoms with Crippen molar-refractivity contribution in [1.29, 1.82) is 0 Å². The Bertz CT molecular complexity index is 506. The predicted molar refractivity (Wildman–Crippen MR) is 86.9 cm³/mol. The smallest absolute Gasteiger partial charge is 0.239 e. The number of benzene rings is 1. The quantitative estimate of drug-likeness (QED) is 0.921. The molecule has 0 radical (unpaired) electrons. The highest BCUT2D eigenvalue weighted by Gasteiger charge is 2.27. The first-order valence-corrected chi connectivity index (χ1v) is 7.61. The van der Waals surface area contributed by atoms with Crippen LogP contribution in [0.25, 0.3) is 0 Å². The first-order valence-electron chi connectivity index (χ1n) is 7.61. The number of carbonyl (C=O) groups is 1. The number of amides is 1. The van der Waals surface area contributed by atoms with Crippen LogP contribution < -0.4 is 14.8 Å². The molecule has 0 saturated carbocycles. The molecule has 2 atom stereocenters. The SMILES string of the molecule is CN(CC1COc2ccccc2O1)C(=O)C1CCCCN1.Cl. The lowest BCUT2D eigenvalue weighted by atomic mass is 10.0. The second-order valence-corrected chi connectivity index (χ2v) is 5.72. The van der Waals surface area contributed by atoms with Crippen LogP contribution >= 0.6 is 12.4 Å². The van der Waals surface area contributed by atoms with Crippen molar-refractivity contribution >= 4 is 18.3 Å². The van der Waals surface area contributed by atoms with Gasteiger partial charge >= 0.3 is 0 Å². The summed E-state index contributed by atoms with van der Waals surface area (Å²) >= 11 is 0. The Morgan fingerprint density at radius 2 is 2.09 bits per heavy atom. The third kappa shape index (κ3) is 3.84. The third-order valence-corrected chi connectivity index (χ3v) is 4.03. The molecule has 1 aromatic carbocycles. The number of hydrogen-bond donors (Lipinski definition) is 1. The van der Waals surface area contributed by atoms with Crippen molar-refractivity contribution in [3.05, 3.63) is 24.3 Å². The van der Waals surface area contributed by atoms with E-state index in [0.717, 1.165) is 37.3 Å². The molecule has 0 spiro atoms. The fourth-order valence-corrected chi connectivity index (χ4v) is 2.88. The van der Waals surface area contributed by atoms with E-state index in [2.05, 4.69) is 5.32 Å². The molecule has 3 rings (SSSR count). The van der Waals surface area contributed by atoms with Crippen molar-refractivity contribution in [2.75, 3.05) is 26.7 Å². The normalized spacial score (nSPS) is 23.3. The number of nitrogens with zero attached hydrogens (tertiary/aromatic N) is 1. The summed E-state index contributed by atoms with van der Waals surface area (Å²) in [5, 5.41) is 3.29. The molecular weight excluding hydrogens is 304 g/mol. The van der Waals surface area contributed by atoms with Crippen LogP contribution in [0, 0.1) is 0 Å². The topological polar surface area (TPSA) is 50.8 Å².